The summed E-state index contributed by atoms with van der Waals surface area (Å²) in [6.45, 7) is 4.98. The first-order valence-electron chi connectivity index (χ1n) is 43.8. The standard InChI is InChI=1S/C88H119N21O19S2/c1-7-8-21-70-88(128)109-33-16-24-69(109)81(121)97-58(20-13-30-89)77(117)104-66(76(116)94-42-73(91)113)45-129-46-74(114)96-62(35-50-26-28-54(111)29-27-50)84(124)105(5)49(4)75(115)100-64(39-72(90)112)87(127)108-32-15-23-68(108)83(123)99-60(38-53-41-92-47-95-53)79(119)101-61(34-48(2)3)86(126)107-31-14-22-67(107)82(122)98-59(36-51-40-93-57-19-11-9-17-55(51)57)78(118)103-65(43-110)80(120)102-63(85(125)106(70)6)37-52-44-130-71-25-12-10-18-56(52)71/h9-12,17-19,25-29,40-41,44,47-49,58-70,93,110-111H,7-8,13-16,20-24,30-39,42-43,45-46,89H2,1-6H3,(H2,90,112)(H2,91,113)(H,92,95)(H,94,116)(H,96,114)(H,97,121)(H,98,122)(H,99,123)(H,100,115)(H,101,119)(H,102,120)(H,103,118)(H,104,117). The van der Waals surface area contributed by atoms with Crippen LogP contribution in [0.2, 0.25) is 0 Å². The van der Waals surface area contributed by atoms with E-state index in [4.69, 9.17) is 17.2 Å². The molecule has 4 saturated heterocycles. The molecule has 702 valence electrons. The zero-order valence-electron chi connectivity index (χ0n) is 73.6. The average molecular weight is 1840 g/mol. The van der Waals surface area contributed by atoms with Crippen molar-refractivity contribution in [2.75, 3.05) is 64.9 Å². The number of thiophene rings is 1. The van der Waals surface area contributed by atoms with Crippen molar-refractivity contribution >= 4 is 145 Å². The van der Waals surface area contributed by atoms with Crippen molar-refractivity contribution in [2.24, 2.45) is 23.1 Å². The first kappa shape index (κ1) is 99.6. The van der Waals surface area contributed by atoms with Gasteiger partial charge in [-0.3, -0.25) is 81.5 Å². The summed E-state index contributed by atoms with van der Waals surface area (Å²) in [4.78, 5) is 265. The number of carbonyl (C=O) groups excluding carboxylic acids is 17. The van der Waals surface area contributed by atoms with E-state index in [1.165, 1.54) is 83.8 Å². The second-order valence-electron chi connectivity index (χ2n) is 33.7. The fraction of sp³-hybridized carbons (Fsp3) is 0.523. The molecule has 14 atom stereocenters. The van der Waals surface area contributed by atoms with Gasteiger partial charge in [-0.25, -0.2) is 4.98 Å². The number of hydrogen-bond acceptors (Lipinski definition) is 23. The maximum atomic E-state index is 15.7. The minimum atomic E-state index is -1.82. The fourth-order valence-corrected chi connectivity index (χ4v) is 18.5. The van der Waals surface area contributed by atoms with Crippen LogP contribution in [0.4, 0.5) is 0 Å². The summed E-state index contributed by atoms with van der Waals surface area (Å²) in [7, 11) is 2.62. The van der Waals surface area contributed by atoms with E-state index in [0.29, 0.717) is 46.1 Å². The van der Waals surface area contributed by atoms with E-state index in [-0.39, 0.29) is 128 Å². The number of nitrogens with one attached hydrogen (secondary N) is 12. The Morgan fingerprint density at radius 3 is 1.69 bits per heavy atom. The van der Waals surface area contributed by atoms with Gasteiger partial charge >= 0.3 is 0 Å². The number of likely N-dealkylation sites (N-methyl/N-ethyl adjacent to an activating group) is 2. The number of fused-ring (bicyclic) bond motifs is 5. The Hall–Kier alpha value is -12.6. The van der Waals surface area contributed by atoms with E-state index in [2.05, 4.69) is 68.1 Å². The topological polar surface area (TPSA) is 590 Å². The SMILES string of the molecule is CCCCC1C(=O)N2CCCC2C(=O)NC(CCCN)C(=O)NC(C(=O)NCC(N)=O)CSCC(=O)NC(Cc2ccc(O)cc2)C(=O)N(C)C(C)C(=O)NC(CC(N)=O)C(=O)N2CCCC2C(=O)NC(Cc2cnc[nH]2)C(=O)NC(CC(C)C)C(=O)N2CCCC2C(=O)NC(Cc2c[nH]c3ccccc23)C(=O)NC(CO)C(=O)NC(Cc2csc3ccccc23)C(=O)N1C. The van der Waals surface area contributed by atoms with Gasteiger partial charge in [0, 0.05) is 98.9 Å². The molecule has 6 aromatic rings. The number of benzene rings is 3. The van der Waals surface area contributed by atoms with Crippen LogP contribution in [0.3, 0.4) is 0 Å². The number of aliphatic hydroxyl groups excluding tert-OH is 1. The van der Waals surface area contributed by atoms with Crippen molar-refractivity contribution in [3.63, 3.8) is 0 Å². The molecular formula is C88H119N21O19S2. The van der Waals surface area contributed by atoms with Crippen LogP contribution in [0.1, 0.15) is 134 Å². The number of H-pyrrole nitrogens is 2. The number of aliphatic hydroxyl groups is 1. The summed E-state index contributed by atoms with van der Waals surface area (Å²) in [5.41, 5.74) is 19.7. The zero-order valence-corrected chi connectivity index (χ0v) is 75.3. The maximum absolute atomic E-state index is 15.7. The molecule has 4 aliphatic heterocycles. The van der Waals surface area contributed by atoms with Gasteiger partial charge in [0.2, 0.25) is 100 Å². The van der Waals surface area contributed by atoms with Gasteiger partial charge in [-0.05, 0) is 135 Å². The number of aromatic amines is 2. The van der Waals surface area contributed by atoms with Gasteiger partial charge < -0.3 is 115 Å². The van der Waals surface area contributed by atoms with Crippen molar-refractivity contribution in [1.29, 1.82) is 0 Å². The number of aromatic hydroxyl groups is 1. The van der Waals surface area contributed by atoms with E-state index >= 15 is 33.6 Å². The summed E-state index contributed by atoms with van der Waals surface area (Å²) < 4.78 is 0.840. The number of amides is 17. The van der Waals surface area contributed by atoms with Gasteiger partial charge in [0.25, 0.3) is 0 Å². The molecule has 7 heterocycles. The number of primary amides is 2. The molecule has 0 bridgehead atoms. The van der Waals surface area contributed by atoms with Gasteiger partial charge in [-0.2, -0.15) is 0 Å². The minimum Gasteiger partial charge on any atom is -0.508 e. The first-order chi connectivity index (χ1) is 62.2. The number of nitrogens with two attached hydrogens (primary N) is 3. The van der Waals surface area contributed by atoms with Crippen molar-refractivity contribution in [2.45, 2.75) is 221 Å². The number of imidazole rings is 1. The Labute approximate surface area is 759 Å². The number of hydrogen-bond donors (Lipinski definition) is 17. The largest absolute Gasteiger partial charge is 0.508 e. The number of carbonyl (C=O) groups is 17. The number of nitrogens with zero attached hydrogens (tertiary/aromatic N) is 6. The van der Waals surface area contributed by atoms with Crippen molar-refractivity contribution in [3.05, 3.63) is 119 Å². The number of para-hydroxylation sites is 1. The minimum absolute atomic E-state index is 0.00319. The third kappa shape index (κ3) is 26.4. The lowest BCUT2D eigenvalue weighted by Crippen LogP contribution is -2.61. The van der Waals surface area contributed by atoms with Crippen LogP contribution in [-0.4, -0.2) is 300 Å². The van der Waals surface area contributed by atoms with Crippen molar-refractivity contribution < 1.29 is 91.7 Å². The lowest BCUT2D eigenvalue weighted by Gasteiger charge is -2.35. The lowest BCUT2D eigenvalue weighted by atomic mass is 10.0. The second kappa shape index (κ2) is 47.1. The Morgan fingerprint density at radius 2 is 1.09 bits per heavy atom. The molecule has 3 aromatic heterocycles. The molecule has 3 aromatic carbocycles. The Bertz CT molecular complexity index is 5070. The predicted molar refractivity (Wildman–Crippen MR) is 480 cm³/mol. The van der Waals surface area contributed by atoms with Crippen LogP contribution < -0.4 is 70.4 Å². The number of unbranched alkanes of at least 4 members (excludes halogenated alkanes) is 1. The summed E-state index contributed by atoms with van der Waals surface area (Å²) in [6, 6.07) is -0.482. The molecule has 0 saturated carbocycles. The van der Waals surface area contributed by atoms with Crippen LogP contribution in [0, 0.1) is 5.92 Å². The average Bonchev–Trinajstić information content (AvgIpc) is 1.55. The van der Waals surface area contributed by atoms with Crippen molar-refractivity contribution in [3.8, 4) is 5.75 Å². The molecule has 10 rings (SSSR count). The molecule has 4 fully saturated rings. The molecule has 0 spiro atoms. The highest BCUT2D eigenvalue weighted by Gasteiger charge is 2.46. The number of rotatable bonds is 22. The third-order valence-corrected chi connectivity index (χ3v) is 25.8. The normalized spacial score (nSPS) is 25.2. The molecule has 20 N–H and O–H groups in total. The van der Waals surface area contributed by atoms with Crippen LogP contribution in [0.25, 0.3) is 21.0 Å². The van der Waals surface area contributed by atoms with Crippen molar-refractivity contribution in [1.82, 2.24) is 92.6 Å². The molecule has 130 heavy (non-hydrogen) atoms. The molecule has 0 aliphatic carbocycles. The van der Waals surface area contributed by atoms with E-state index in [0.717, 1.165) is 31.6 Å². The molecule has 42 heteroatoms. The van der Waals surface area contributed by atoms with E-state index in [9.17, 15) is 58.2 Å². The van der Waals surface area contributed by atoms with Crippen LogP contribution in [0.15, 0.2) is 96.9 Å². The van der Waals surface area contributed by atoms with E-state index in [1.54, 1.807) is 50.4 Å². The molecular weight excluding hydrogens is 1720 g/mol. The third-order valence-electron chi connectivity index (χ3n) is 23.8. The number of phenolic OH excluding ortho intramolecular Hbond substituents is 1. The summed E-state index contributed by atoms with van der Waals surface area (Å²) in [6.07, 6.45) is 4.66. The molecule has 4 aliphatic rings. The highest BCUT2D eigenvalue weighted by molar-refractivity contribution is 8.00. The van der Waals surface area contributed by atoms with Crippen LogP contribution in [-0.2, 0) is 107 Å². The first-order valence-corrected chi connectivity index (χ1v) is 45.9. The highest BCUT2D eigenvalue weighted by Crippen LogP contribution is 2.31. The zero-order chi connectivity index (χ0) is 94.2. The molecule has 14 unspecified atom stereocenters. The van der Waals surface area contributed by atoms with Gasteiger partial charge in [0.15, 0.2) is 0 Å². The van der Waals surface area contributed by atoms with Crippen LogP contribution >= 0.6 is 23.1 Å². The Balaban J connectivity index is 0.993. The summed E-state index contributed by atoms with van der Waals surface area (Å²) in [5.74, 6) is -16.3. The van der Waals surface area contributed by atoms with Gasteiger partial charge in [0.1, 0.15) is 90.3 Å². The lowest BCUT2D eigenvalue weighted by molar-refractivity contribution is -0.149. The fourth-order valence-electron chi connectivity index (χ4n) is 16.7. The monoisotopic (exact) mass is 1840 g/mol. The Kier molecular flexibility index (Phi) is 36.1. The van der Waals surface area contributed by atoms with Crippen LogP contribution in [0.5, 0.6) is 5.75 Å². The van der Waals surface area contributed by atoms with Gasteiger partial charge in [0.05, 0.1) is 31.7 Å². The van der Waals surface area contributed by atoms with Gasteiger partial charge in [-0.15, -0.1) is 23.1 Å². The van der Waals surface area contributed by atoms with E-state index in [1.807, 2.05) is 30.5 Å². The number of aromatic nitrogens is 3. The predicted octanol–water partition coefficient (Wildman–Crippen LogP) is -1.72. The van der Waals surface area contributed by atoms with Gasteiger partial charge in [-0.1, -0.05) is 82.1 Å². The molecule has 40 nitrogen and oxygen atoms in total. The quantitative estimate of drug-likeness (QED) is 0.0360. The Morgan fingerprint density at radius 1 is 0.554 bits per heavy atom. The number of phenols is 1. The highest BCUT2D eigenvalue weighted by atomic mass is 32.2. The smallest absolute Gasteiger partial charge is 0.246 e. The molecule has 17 amide bonds. The summed E-state index contributed by atoms with van der Waals surface area (Å²) in [5, 5.41) is 51.4. The molecule has 0 radical (unpaired) electrons. The number of thioether (sulfide) groups is 1. The van der Waals surface area contributed by atoms with E-state index < -0.39 is 216 Å². The second-order valence-corrected chi connectivity index (χ2v) is 35.6. The maximum Gasteiger partial charge on any atom is 0.246 e. The summed E-state index contributed by atoms with van der Waals surface area (Å²) >= 11 is 2.17.